The lowest BCUT2D eigenvalue weighted by molar-refractivity contribution is -0.140. The van der Waals surface area contributed by atoms with Crippen LogP contribution in [0.3, 0.4) is 0 Å². The molecule has 0 bridgehead atoms. The van der Waals surface area contributed by atoms with Gasteiger partial charge >= 0.3 is 10.3 Å². The topological polar surface area (TPSA) is 246 Å². The molecule has 0 aromatic rings. The highest BCUT2D eigenvalue weighted by Gasteiger charge is 2.44. The molecule has 1 saturated heterocycles. The van der Waals surface area contributed by atoms with Crippen molar-refractivity contribution >= 4 is 39.8 Å². The van der Waals surface area contributed by atoms with Crippen LogP contribution < -0.4 is 21.7 Å². The molecule has 5 amide bonds. The van der Waals surface area contributed by atoms with Crippen molar-refractivity contribution in [2.24, 2.45) is 5.73 Å². The third kappa shape index (κ3) is 6.27. The lowest BCUT2D eigenvalue weighted by Gasteiger charge is -2.35. The van der Waals surface area contributed by atoms with Crippen molar-refractivity contribution in [2.45, 2.75) is 12.1 Å². The van der Waals surface area contributed by atoms with Crippen molar-refractivity contribution in [1.29, 1.82) is 0 Å². The van der Waals surface area contributed by atoms with Gasteiger partial charge in [-0.05, 0) is 0 Å². The van der Waals surface area contributed by atoms with E-state index >= 15 is 0 Å². The van der Waals surface area contributed by atoms with Gasteiger partial charge in [0.1, 0.15) is 11.7 Å². The summed E-state index contributed by atoms with van der Waals surface area (Å²) in [5, 5.41) is 23.5. The molecule has 0 aromatic carbocycles. The molecule has 8 N–H and O–H groups in total. The Morgan fingerprint density at radius 1 is 1.32 bits per heavy atom. The standard InChI is InChI=1S/C12H17N5O10S/c13-8(20)1-5(15-9(21)2-14-11(23)7(19)4-18)10(22)16-6-3-17(12(6)24)28(25,26)27/h1,6-7,18-19H,2-4H2,(H2,13,20)(H,14,23)(H,15,21)(H,16,22)(H,25,26,27)/b5-1+/t6-,7+/m1/s1. The Kier molecular flexibility index (Phi) is 7.56. The molecule has 0 unspecified atom stereocenters. The number of aliphatic hydroxyl groups excluding tert-OH is 2. The monoisotopic (exact) mass is 423 g/mol. The van der Waals surface area contributed by atoms with Gasteiger partial charge in [-0.1, -0.05) is 0 Å². The molecule has 16 heteroatoms. The van der Waals surface area contributed by atoms with Crippen LogP contribution in [-0.2, 0) is 34.3 Å². The number of primary amides is 1. The molecule has 1 aliphatic rings. The SMILES string of the molecule is NC(=O)/C=C(/NC(=O)CNC(=O)[C@@H](O)CO)C(=O)N[C@@H]1CN(S(=O)(=O)O)C1=O. The van der Waals surface area contributed by atoms with Crippen LogP contribution in [-0.4, -0.2) is 88.9 Å². The number of β-lactam (4-membered cyclic amide) rings is 1. The van der Waals surface area contributed by atoms with E-state index in [1.165, 1.54) is 0 Å². The second-order valence-corrected chi connectivity index (χ2v) is 6.63. The van der Waals surface area contributed by atoms with Gasteiger partial charge in [0, 0.05) is 6.08 Å². The van der Waals surface area contributed by atoms with Crippen LogP contribution in [0.2, 0.25) is 0 Å². The first-order valence-corrected chi connectivity index (χ1v) is 8.74. The van der Waals surface area contributed by atoms with Crippen molar-refractivity contribution in [3.05, 3.63) is 11.8 Å². The summed E-state index contributed by atoms with van der Waals surface area (Å²) in [6.45, 7) is -2.22. The van der Waals surface area contributed by atoms with Crippen molar-refractivity contribution in [2.75, 3.05) is 19.7 Å². The van der Waals surface area contributed by atoms with E-state index in [0.29, 0.717) is 6.08 Å². The molecule has 1 aliphatic heterocycles. The summed E-state index contributed by atoms with van der Waals surface area (Å²) >= 11 is 0. The van der Waals surface area contributed by atoms with Gasteiger partial charge in [0.05, 0.1) is 19.7 Å². The Labute approximate surface area is 157 Å². The number of amides is 5. The van der Waals surface area contributed by atoms with E-state index in [4.69, 9.17) is 20.5 Å². The van der Waals surface area contributed by atoms with Gasteiger partial charge in [0.2, 0.25) is 11.8 Å². The number of nitrogens with one attached hydrogen (secondary N) is 3. The molecule has 1 rings (SSSR count). The van der Waals surface area contributed by atoms with Crippen LogP contribution in [0, 0.1) is 0 Å². The molecule has 0 radical (unpaired) electrons. The van der Waals surface area contributed by atoms with Gasteiger partial charge in [0.25, 0.3) is 17.7 Å². The van der Waals surface area contributed by atoms with Gasteiger partial charge < -0.3 is 31.9 Å². The molecule has 1 heterocycles. The largest absolute Gasteiger partial charge is 0.393 e. The van der Waals surface area contributed by atoms with E-state index in [9.17, 15) is 32.4 Å². The maximum absolute atomic E-state index is 12.1. The minimum Gasteiger partial charge on any atom is -0.393 e. The van der Waals surface area contributed by atoms with Gasteiger partial charge in [-0.3, -0.25) is 28.5 Å². The number of carbonyl (C=O) groups excluding carboxylic acids is 5. The number of aliphatic hydroxyl groups is 2. The molecule has 156 valence electrons. The summed E-state index contributed by atoms with van der Waals surface area (Å²) in [6.07, 6.45) is -1.27. The second-order valence-electron chi connectivity index (χ2n) is 5.30. The number of nitrogens with zero attached hydrogens (tertiary/aromatic N) is 1. The molecular formula is C12H17N5O10S. The number of nitrogens with two attached hydrogens (primary N) is 1. The first kappa shape index (κ1) is 23.0. The average Bonchev–Trinajstić information content (AvgIpc) is 2.59. The van der Waals surface area contributed by atoms with Gasteiger partial charge in [0.15, 0.2) is 6.10 Å². The summed E-state index contributed by atoms with van der Waals surface area (Å²) in [5.74, 6) is -5.58. The number of hydrogen-bond donors (Lipinski definition) is 7. The number of rotatable bonds is 9. The van der Waals surface area contributed by atoms with E-state index in [1.54, 1.807) is 0 Å². The van der Waals surface area contributed by atoms with Crippen molar-refractivity contribution in [1.82, 2.24) is 20.3 Å². The quantitative estimate of drug-likeness (QED) is 0.105. The Hall–Kier alpha value is -3.08. The Bertz CT molecular complexity index is 823. The highest BCUT2D eigenvalue weighted by molar-refractivity contribution is 7.84. The molecular weight excluding hydrogens is 406 g/mol. The third-order valence-electron chi connectivity index (χ3n) is 3.18. The second kappa shape index (κ2) is 9.22. The van der Waals surface area contributed by atoms with E-state index < -0.39 is 77.4 Å². The maximum Gasteiger partial charge on any atom is 0.362 e. The lowest BCUT2D eigenvalue weighted by Crippen LogP contribution is -2.65. The summed E-state index contributed by atoms with van der Waals surface area (Å²) in [7, 11) is -4.77. The Balaban J connectivity index is 2.70. The normalized spacial score (nSPS) is 18.0. The Morgan fingerprint density at radius 2 is 1.93 bits per heavy atom. The maximum atomic E-state index is 12.1. The van der Waals surface area contributed by atoms with Crippen LogP contribution >= 0.6 is 0 Å². The highest BCUT2D eigenvalue weighted by Crippen LogP contribution is 2.14. The molecule has 0 aliphatic carbocycles. The van der Waals surface area contributed by atoms with Gasteiger partial charge in [-0.2, -0.15) is 8.42 Å². The first-order chi connectivity index (χ1) is 12.9. The molecule has 28 heavy (non-hydrogen) atoms. The summed E-state index contributed by atoms with van der Waals surface area (Å²) in [5.41, 5.74) is 4.19. The van der Waals surface area contributed by atoms with E-state index in [2.05, 4.69) is 0 Å². The van der Waals surface area contributed by atoms with Crippen LogP contribution in [0.5, 0.6) is 0 Å². The van der Waals surface area contributed by atoms with Crippen LogP contribution in [0.25, 0.3) is 0 Å². The molecule has 1 fully saturated rings. The first-order valence-electron chi connectivity index (χ1n) is 7.34. The fourth-order valence-electron chi connectivity index (χ4n) is 1.81. The minimum absolute atomic E-state index is 0.0794. The highest BCUT2D eigenvalue weighted by atomic mass is 32.2. The molecule has 0 aromatic heterocycles. The zero-order valence-corrected chi connectivity index (χ0v) is 14.8. The van der Waals surface area contributed by atoms with Crippen molar-refractivity contribution < 1.29 is 47.2 Å². The molecule has 15 nitrogen and oxygen atoms in total. The predicted molar refractivity (Wildman–Crippen MR) is 86.7 cm³/mol. The zero-order valence-electron chi connectivity index (χ0n) is 14.0. The minimum atomic E-state index is -4.77. The van der Waals surface area contributed by atoms with E-state index in [1.807, 2.05) is 16.0 Å². The van der Waals surface area contributed by atoms with Crippen LogP contribution in [0.1, 0.15) is 0 Å². The van der Waals surface area contributed by atoms with Crippen LogP contribution in [0.15, 0.2) is 11.8 Å². The fraction of sp³-hybridized carbons (Fsp3) is 0.417. The van der Waals surface area contributed by atoms with Gasteiger partial charge in [-0.15, -0.1) is 0 Å². The van der Waals surface area contributed by atoms with Crippen LogP contribution in [0.4, 0.5) is 0 Å². The third-order valence-corrected chi connectivity index (χ3v) is 4.07. The molecule has 2 atom stereocenters. The lowest BCUT2D eigenvalue weighted by atomic mass is 10.1. The summed E-state index contributed by atoms with van der Waals surface area (Å²) < 4.78 is 30.5. The van der Waals surface area contributed by atoms with E-state index in [-0.39, 0.29) is 4.31 Å². The zero-order chi connectivity index (χ0) is 21.6. The van der Waals surface area contributed by atoms with Gasteiger partial charge in [-0.25, -0.2) is 4.31 Å². The summed E-state index contributed by atoms with van der Waals surface area (Å²) in [6, 6.07) is -1.35. The van der Waals surface area contributed by atoms with E-state index in [0.717, 1.165) is 0 Å². The van der Waals surface area contributed by atoms with Crippen molar-refractivity contribution in [3.8, 4) is 0 Å². The number of hydrogen-bond acceptors (Lipinski definition) is 9. The summed E-state index contributed by atoms with van der Waals surface area (Å²) in [4.78, 5) is 57.6. The average molecular weight is 423 g/mol. The molecule has 0 spiro atoms. The molecule has 0 saturated carbocycles. The Morgan fingerprint density at radius 3 is 2.39 bits per heavy atom. The smallest absolute Gasteiger partial charge is 0.362 e. The predicted octanol–water partition coefficient (Wildman–Crippen LogP) is -5.93. The number of carbonyl (C=O) groups is 5. The van der Waals surface area contributed by atoms with Crippen molar-refractivity contribution in [3.63, 3.8) is 0 Å². The fourth-order valence-corrected chi connectivity index (χ4v) is 2.50.